The van der Waals surface area contributed by atoms with Crippen LogP contribution in [0.4, 0.5) is 16.1 Å². The van der Waals surface area contributed by atoms with Crippen LogP contribution in [0.3, 0.4) is 0 Å². The lowest BCUT2D eigenvalue weighted by atomic mass is 10.2. The summed E-state index contributed by atoms with van der Waals surface area (Å²) in [5.74, 6) is -0.606. The Balaban J connectivity index is 1.35. The van der Waals surface area contributed by atoms with Gasteiger partial charge < -0.3 is 14.2 Å². The Kier molecular flexibility index (Phi) is 4.32. The molecule has 0 radical (unpaired) electrons. The number of amides is 2. The molecule has 0 bridgehead atoms. The standard InChI is InChI=1S/C18H19FN4O3/c19-13-3-1-2-4-15(13)22-7-9-23(10-8-22)17(25)14-11-26-18(20-14)21-16(24)12-5-6-12/h1-4,11-12H,5-10H2,(H,20,21,24). The molecule has 1 saturated heterocycles. The first-order valence-corrected chi connectivity index (χ1v) is 8.67. The zero-order valence-corrected chi connectivity index (χ0v) is 14.2. The van der Waals surface area contributed by atoms with Crippen molar-refractivity contribution in [3.8, 4) is 0 Å². The van der Waals surface area contributed by atoms with E-state index in [-0.39, 0.29) is 35.3 Å². The smallest absolute Gasteiger partial charge is 0.302 e. The van der Waals surface area contributed by atoms with Crippen LogP contribution in [0.1, 0.15) is 23.3 Å². The molecule has 7 nitrogen and oxygen atoms in total. The Morgan fingerprint density at radius 1 is 1.15 bits per heavy atom. The van der Waals surface area contributed by atoms with E-state index in [1.807, 2.05) is 4.90 Å². The second-order valence-electron chi connectivity index (χ2n) is 6.53. The van der Waals surface area contributed by atoms with E-state index in [0.717, 1.165) is 12.8 Å². The van der Waals surface area contributed by atoms with Crippen molar-refractivity contribution < 1.29 is 18.4 Å². The van der Waals surface area contributed by atoms with Gasteiger partial charge in [-0.1, -0.05) is 12.1 Å². The molecule has 1 aliphatic heterocycles. The van der Waals surface area contributed by atoms with E-state index in [1.165, 1.54) is 12.3 Å². The minimum atomic E-state index is -0.264. The van der Waals surface area contributed by atoms with Crippen LogP contribution < -0.4 is 10.2 Å². The van der Waals surface area contributed by atoms with Gasteiger partial charge in [0.15, 0.2) is 5.69 Å². The number of rotatable bonds is 4. The number of aromatic nitrogens is 1. The monoisotopic (exact) mass is 358 g/mol. The maximum atomic E-state index is 13.9. The minimum Gasteiger partial charge on any atom is -0.431 e. The van der Waals surface area contributed by atoms with E-state index in [4.69, 9.17) is 4.42 Å². The lowest BCUT2D eigenvalue weighted by Crippen LogP contribution is -2.49. The van der Waals surface area contributed by atoms with Gasteiger partial charge in [0, 0.05) is 32.1 Å². The molecule has 1 aliphatic carbocycles. The summed E-state index contributed by atoms with van der Waals surface area (Å²) >= 11 is 0. The average molecular weight is 358 g/mol. The lowest BCUT2D eigenvalue weighted by molar-refractivity contribution is -0.117. The Bertz CT molecular complexity index is 825. The predicted octanol–water partition coefficient (Wildman–Crippen LogP) is 2.12. The van der Waals surface area contributed by atoms with Crippen molar-refractivity contribution in [2.24, 2.45) is 5.92 Å². The van der Waals surface area contributed by atoms with E-state index in [1.54, 1.807) is 23.1 Å². The number of carbonyl (C=O) groups is 2. The molecule has 136 valence electrons. The molecule has 26 heavy (non-hydrogen) atoms. The molecule has 0 spiro atoms. The fourth-order valence-electron chi connectivity index (χ4n) is 3.00. The van der Waals surface area contributed by atoms with Crippen molar-refractivity contribution in [1.82, 2.24) is 9.88 Å². The summed E-state index contributed by atoms with van der Waals surface area (Å²) in [5, 5.41) is 2.58. The number of benzene rings is 1. The van der Waals surface area contributed by atoms with Crippen LogP contribution in [-0.2, 0) is 4.79 Å². The highest BCUT2D eigenvalue weighted by molar-refractivity contribution is 5.95. The molecule has 2 aromatic rings. The number of piperazine rings is 1. The molecule has 2 heterocycles. The highest BCUT2D eigenvalue weighted by Crippen LogP contribution is 2.30. The largest absolute Gasteiger partial charge is 0.431 e. The number of nitrogens with zero attached hydrogens (tertiary/aromatic N) is 3. The number of hydrogen-bond donors (Lipinski definition) is 1. The van der Waals surface area contributed by atoms with E-state index in [9.17, 15) is 14.0 Å². The number of hydrogen-bond acceptors (Lipinski definition) is 5. The van der Waals surface area contributed by atoms with Gasteiger partial charge in [0.1, 0.15) is 12.1 Å². The van der Waals surface area contributed by atoms with Gasteiger partial charge in [0.25, 0.3) is 5.91 Å². The first kappa shape index (κ1) is 16.6. The molecule has 4 rings (SSSR count). The summed E-state index contributed by atoms with van der Waals surface area (Å²) in [6.07, 6.45) is 3.02. The molecule has 1 N–H and O–H groups in total. The van der Waals surface area contributed by atoms with Crippen LogP contribution in [0.2, 0.25) is 0 Å². The molecule has 2 amide bonds. The lowest BCUT2D eigenvalue weighted by Gasteiger charge is -2.35. The van der Waals surface area contributed by atoms with Crippen molar-refractivity contribution in [1.29, 1.82) is 0 Å². The summed E-state index contributed by atoms with van der Waals surface area (Å²) in [6, 6.07) is 6.67. The fourth-order valence-corrected chi connectivity index (χ4v) is 3.00. The molecule has 1 aromatic heterocycles. The molecule has 2 aliphatic rings. The van der Waals surface area contributed by atoms with Gasteiger partial charge in [0.2, 0.25) is 5.91 Å². The summed E-state index contributed by atoms with van der Waals surface area (Å²) < 4.78 is 19.1. The fraction of sp³-hybridized carbons (Fsp3) is 0.389. The topological polar surface area (TPSA) is 78.7 Å². The van der Waals surface area contributed by atoms with E-state index >= 15 is 0 Å². The summed E-state index contributed by atoms with van der Waals surface area (Å²) in [4.78, 5) is 31.9. The summed E-state index contributed by atoms with van der Waals surface area (Å²) in [7, 11) is 0. The van der Waals surface area contributed by atoms with Crippen LogP contribution in [-0.4, -0.2) is 47.9 Å². The highest BCUT2D eigenvalue weighted by atomic mass is 19.1. The van der Waals surface area contributed by atoms with Crippen LogP contribution in [0.5, 0.6) is 0 Å². The Hall–Kier alpha value is -2.90. The van der Waals surface area contributed by atoms with Gasteiger partial charge in [-0.15, -0.1) is 0 Å². The van der Waals surface area contributed by atoms with E-state index in [2.05, 4.69) is 10.3 Å². The first-order valence-electron chi connectivity index (χ1n) is 8.67. The van der Waals surface area contributed by atoms with Crippen molar-refractivity contribution in [3.63, 3.8) is 0 Å². The molecule has 1 aromatic carbocycles. The average Bonchev–Trinajstić information content (AvgIpc) is 3.42. The third-order valence-corrected chi connectivity index (χ3v) is 4.66. The van der Waals surface area contributed by atoms with E-state index in [0.29, 0.717) is 31.9 Å². The Morgan fingerprint density at radius 3 is 2.58 bits per heavy atom. The quantitative estimate of drug-likeness (QED) is 0.906. The number of oxazole rings is 1. The van der Waals surface area contributed by atoms with Gasteiger partial charge in [-0.05, 0) is 25.0 Å². The van der Waals surface area contributed by atoms with Crippen LogP contribution in [0.25, 0.3) is 0 Å². The van der Waals surface area contributed by atoms with Gasteiger partial charge >= 0.3 is 6.01 Å². The van der Waals surface area contributed by atoms with Gasteiger partial charge in [-0.3, -0.25) is 14.9 Å². The maximum absolute atomic E-state index is 13.9. The Morgan fingerprint density at radius 2 is 1.88 bits per heavy atom. The van der Waals surface area contributed by atoms with Crippen LogP contribution >= 0.6 is 0 Å². The third kappa shape index (κ3) is 3.40. The zero-order valence-electron chi connectivity index (χ0n) is 14.2. The third-order valence-electron chi connectivity index (χ3n) is 4.66. The number of anilines is 2. The zero-order chi connectivity index (χ0) is 18.1. The molecule has 1 saturated carbocycles. The van der Waals surface area contributed by atoms with Crippen LogP contribution in [0.15, 0.2) is 34.9 Å². The Labute approximate surface area is 149 Å². The number of halogens is 1. The number of carbonyl (C=O) groups excluding carboxylic acids is 2. The maximum Gasteiger partial charge on any atom is 0.302 e. The van der Waals surface area contributed by atoms with Crippen molar-refractivity contribution in [3.05, 3.63) is 42.0 Å². The highest BCUT2D eigenvalue weighted by Gasteiger charge is 2.31. The molecule has 0 atom stereocenters. The number of nitrogens with one attached hydrogen (secondary N) is 1. The predicted molar refractivity (Wildman–Crippen MR) is 92.4 cm³/mol. The number of para-hydroxylation sites is 1. The summed E-state index contributed by atoms with van der Waals surface area (Å²) in [6.45, 7) is 2.00. The minimum absolute atomic E-state index is 0.0347. The van der Waals surface area contributed by atoms with Crippen LogP contribution in [0, 0.1) is 11.7 Å². The molecular formula is C18H19FN4O3. The van der Waals surface area contributed by atoms with E-state index < -0.39 is 0 Å². The molecule has 8 heteroatoms. The first-order chi connectivity index (χ1) is 12.6. The van der Waals surface area contributed by atoms with Crippen molar-refractivity contribution in [2.75, 3.05) is 36.4 Å². The van der Waals surface area contributed by atoms with Crippen molar-refractivity contribution >= 4 is 23.5 Å². The molecule has 2 fully saturated rings. The normalized spacial score (nSPS) is 17.3. The molecular weight excluding hydrogens is 339 g/mol. The SMILES string of the molecule is O=C(Nc1nc(C(=O)N2CCN(c3ccccc3F)CC2)co1)C1CC1. The van der Waals surface area contributed by atoms with Gasteiger partial charge in [-0.25, -0.2) is 4.39 Å². The summed E-state index contributed by atoms with van der Waals surface area (Å²) in [5.41, 5.74) is 0.710. The second-order valence-corrected chi connectivity index (χ2v) is 6.53. The van der Waals surface area contributed by atoms with Gasteiger partial charge in [-0.2, -0.15) is 4.98 Å². The van der Waals surface area contributed by atoms with Gasteiger partial charge in [0.05, 0.1) is 5.69 Å². The molecule has 0 unspecified atom stereocenters. The second kappa shape index (κ2) is 6.78. The van der Waals surface area contributed by atoms with Crippen molar-refractivity contribution in [2.45, 2.75) is 12.8 Å².